The zero-order valence-corrected chi connectivity index (χ0v) is 6.71. The summed E-state index contributed by atoms with van der Waals surface area (Å²) in [6.07, 6.45) is 0.957. The van der Waals surface area contributed by atoms with Crippen LogP contribution < -0.4 is 5.32 Å². The first-order valence-electron chi connectivity index (χ1n) is 3.85. The number of nitrogens with one attached hydrogen (secondary N) is 1. The van der Waals surface area contributed by atoms with Crippen LogP contribution in [-0.4, -0.2) is 48.7 Å². The van der Waals surface area contributed by atoms with Crippen molar-refractivity contribution in [2.45, 2.75) is 12.5 Å². The van der Waals surface area contributed by atoms with Crippen molar-refractivity contribution < 1.29 is 9.90 Å². The van der Waals surface area contributed by atoms with Gasteiger partial charge in [0.2, 0.25) is 5.91 Å². The molecule has 0 aromatic carbocycles. The Morgan fingerprint density at radius 2 is 2.55 bits per heavy atom. The molecule has 0 spiro atoms. The van der Waals surface area contributed by atoms with Crippen LogP contribution in [0.2, 0.25) is 0 Å². The first kappa shape index (κ1) is 8.49. The average Bonchev–Trinajstić information content (AvgIpc) is 2.16. The van der Waals surface area contributed by atoms with Crippen LogP contribution >= 0.6 is 0 Å². The molecular formula is C7H14N2O2. The minimum atomic E-state index is -0.387. The van der Waals surface area contributed by atoms with E-state index in [0.717, 1.165) is 19.5 Å². The van der Waals surface area contributed by atoms with E-state index < -0.39 is 0 Å². The Hall–Kier alpha value is -0.610. The Morgan fingerprint density at radius 1 is 1.82 bits per heavy atom. The second-order valence-electron chi connectivity index (χ2n) is 2.80. The molecule has 1 atom stereocenters. The third kappa shape index (κ3) is 1.91. The minimum absolute atomic E-state index is 0.00926. The lowest BCUT2D eigenvalue weighted by molar-refractivity contribution is -0.132. The highest BCUT2D eigenvalue weighted by Gasteiger charge is 2.22. The third-order valence-electron chi connectivity index (χ3n) is 1.92. The highest BCUT2D eigenvalue weighted by atomic mass is 16.3. The molecule has 0 radical (unpaired) electrons. The van der Waals surface area contributed by atoms with Gasteiger partial charge >= 0.3 is 0 Å². The molecule has 1 aliphatic heterocycles. The molecule has 1 saturated heterocycles. The number of hydrogen-bond acceptors (Lipinski definition) is 3. The maximum Gasteiger partial charge on any atom is 0.241 e. The van der Waals surface area contributed by atoms with Crippen molar-refractivity contribution in [2.24, 2.45) is 0 Å². The van der Waals surface area contributed by atoms with E-state index >= 15 is 0 Å². The summed E-state index contributed by atoms with van der Waals surface area (Å²) >= 11 is 0. The number of amides is 1. The summed E-state index contributed by atoms with van der Waals surface area (Å²) in [7, 11) is 1.76. The molecule has 1 aliphatic rings. The normalized spacial score (nSPS) is 26.9. The predicted molar refractivity (Wildman–Crippen MR) is 41.1 cm³/mol. The Kier molecular flexibility index (Phi) is 2.84. The molecule has 64 valence electrons. The summed E-state index contributed by atoms with van der Waals surface area (Å²) in [5.41, 5.74) is 0. The Bertz CT molecular complexity index is 149. The number of carbonyl (C=O) groups excluding carboxylic acids is 1. The number of aliphatic hydroxyl groups excluding tert-OH is 1. The third-order valence-corrected chi connectivity index (χ3v) is 1.92. The lowest BCUT2D eigenvalue weighted by Gasteiger charge is -2.17. The van der Waals surface area contributed by atoms with Gasteiger partial charge in [0.1, 0.15) is 6.04 Å². The fraction of sp³-hybridized carbons (Fsp3) is 0.857. The highest BCUT2D eigenvalue weighted by Crippen LogP contribution is 1.98. The van der Waals surface area contributed by atoms with Crippen molar-refractivity contribution in [3.63, 3.8) is 0 Å². The summed E-state index contributed by atoms with van der Waals surface area (Å²) in [4.78, 5) is 12.9. The molecule has 1 rings (SSSR count). The number of carbonyl (C=O) groups is 1. The number of hydrogen-bond donors (Lipinski definition) is 2. The van der Waals surface area contributed by atoms with Crippen LogP contribution in [0.1, 0.15) is 6.42 Å². The van der Waals surface area contributed by atoms with Gasteiger partial charge in [-0.1, -0.05) is 0 Å². The monoisotopic (exact) mass is 158 g/mol. The molecule has 11 heavy (non-hydrogen) atoms. The van der Waals surface area contributed by atoms with Gasteiger partial charge in [-0.2, -0.15) is 0 Å². The summed E-state index contributed by atoms with van der Waals surface area (Å²) in [5.74, 6) is -0.00926. The van der Waals surface area contributed by atoms with E-state index in [1.807, 2.05) is 0 Å². The lowest BCUT2D eigenvalue weighted by atomic mass is 10.3. The zero-order chi connectivity index (χ0) is 8.27. The molecular weight excluding hydrogens is 144 g/mol. The lowest BCUT2D eigenvalue weighted by Crippen LogP contribution is -2.44. The van der Waals surface area contributed by atoms with Crippen molar-refractivity contribution in [1.29, 1.82) is 0 Å². The van der Waals surface area contributed by atoms with E-state index in [-0.39, 0.29) is 18.6 Å². The topological polar surface area (TPSA) is 52.6 Å². The molecule has 0 aliphatic carbocycles. The van der Waals surface area contributed by atoms with Crippen LogP contribution in [0.5, 0.6) is 0 Å². The second-order valence-corrected chi connectivity index (χ2v) is 2.80. The van der Waals surface area contributed by atoms with Gasteiger partial charge in [0, 0.05) is 13.6 Å². The molecule has 4 nitrogen and oxygen atoms in total. The average molecular weight is 158 g/mol. The second kappa shape index (κ2) is 3.69. The molecule has 1 fully saturated rings. The van der Waals surface area contributed by atoms with Crippen molar-refractivity contribution in [3.8, 4) is 0 Å². The molecule has 1 amide bonds. The van der Waals surface area contributed by atoms with Crippen LogP contribution in [0.15, 0.2) is 0 Å². The first-order valence-corrected chi connectivity index (χ1v) is 3.85. The fourth-order valence-corrected chi connectivity index (χ4v) is 1.20. The maximum atomic E-state index is 11.3. The van der Waals surface area contributed by atoms with Gasteiger partial charge in [0.25, 0.3) is 0 Å². The zero-order valence-electron chi connectivity index (χ0n) is 6.71. The van der Waals surface area contributed by atoms with Crippen LogP contribution in [0.3, 0.4) is 0 Å². The van der Waals surface area contributed by atoms with Crippen molar-refractivity contribution in [2.75, 3.05) is 26.7 Å². The Morgan fingerprint density at radius 3 is 3.18 bits per heavy atom. The van der Waals surface area contributed by atoms with Gasteiger partial charge in [0.05, 0.1) is 6.61 Å². The first-order chi connectivity index (χ1) is 5.25. The minimum Gasteiger partial charge on any atom is -0.394 e. The van der Waals surface area contributed by atoms with Gasteiger partial charge < -0.3 is 15.3 Å². The van der Waals surface area contributed by atoms with E-state index in [0.29, 0.717) is 0 Å². The smallest absolute Gasteiger partial charge is 0.241 e. The standard InChI is InChI=1S/C7H14N2O2/c1-9-4-2-3-8-6(5-10)7(9)11/h6,8,10H,2-5H2,1H3. The molecule has 2 N–H and O–H groups in total. The summed E-state index contributed by atoms with van der Waals surface area (Å²) in [6, 6.07) is -0.387. The Labute approximate surface area is 66.2 Å². The maximum absolute atomic E-state index is 11.3. The summed E-state index contributed by atoms with van der Waals surface area (Å²) < 4.78 is 0. The summed E-state index contributed by atoms with van der Waals surface area (Å²) in [6.45, 7) is 1.48. The van der Waals surface area contributed by atoms with Crippen LogP contribution in [-0.2, 0) is 4.79 Å². The van der Waals surface area contributed by atoms with Crippen molar-refractivity contribution >= 4 is 5.91 Å². The number of rotatable bonds is 1. The largest absolute Gasteiger partial charge is 0.394 e. The molecule has 1 heterocycles. The van der Waals surface area contributed by atoms with E-state index in [4.69, 9.17) is 5.11 Å². The summed E-state index contributed by atoms with van der Waals surface area (Å²) in [5, 5.41) is 11.8. The van der Waals surface area contributed by atoms with Crippen LogP contribution in [0.4, 0.5) is 0 Å². The Balaban J connectivity index is 2.56. The van der Waals surface area contributed by atoms with Crippen LogP contribution in [0, 0.1) is 0 Å². The van der Waals surface area contributed by atoms with Gasteiger partial charge in [-0.25, -0.2) is 0 Å². The van der Waals surface area contributed by atoms with E-state index in [1.54, 1.807) is 11.9 Å². The molecule has 1 unspecified atom stereocenters. The van der Waals surface area contributed by atoms with Crippen molar-refractivity contribution in [3.05, 3.63) is 0 Å². The number of aliphatic hydroxyl groups is 1. The van der Waals surface area contributed by atoms with E-state index in [9.17, 15) is 4.79 Å². The predicted octanol–water partition coefficient (Wildman–Crippen LogP) is -1.20. The van der Waals surface area contributed by atoms with E-state index in [2.05, 4.69) is 5.32 Å². The van der Waals surface area contributed by atoms with Crippen LogP contribution in [0.25, 0.3) is 0 Å². The molecule has 0 bridgehead atoms. The molecule has 0 aromatic rings. The quantitative estimate of drug-likeness (QED) is 0.504. The van der Waals surface area contributed by atoms with Gasteiger partial charge in [-0.05, 0) is 13.0 Å². The fourth-order valence-electron chi connectivity index (χ4n) is 1.20. The van der Waals surface area contributed by atoms with Crippen molar-refractivity contribution in [1.82, 2.24) is 10.2 Å². The molecule has 0 aromatic heterocycles. The molecule has 0 saturated carbocycles. The van der Waals surface area contributed by atoms with Gasteiger partial charge in [-0.3, -0.25) is 4.79 Å². The van der Waals surface area contributed by atoms with Gasteiger partial charge in [-0.15, -0.1) is 0 Å². The number of likely N-dealkylation sites (N-methyl/N-ethyl adjacent to an activating group) is 1. The van der Waals surface area contributed by atoms with E-state index in [1.165, 1.54) is 0 Å². The number of nitrogens with zero attached hydrogens (tertiary/aromatic N) is 1. The SMILES string of the molecule is CN1CCCNC(CO)C1=O. The highest BCUT2D eigenvalue weighted by molar-refractivity contribution is 5.82. The van der Waals surface area contributed by atoms with Gasteiger partial charge in [0.15, 0.2) is 0 Å². The molecule has 4 heteroatoms.